The molecular formula is C16H32NO4P. The Morgan fingerprint density at radius 1 is 0.955 bits per heavy atom. The highest BCUT2D eigenvalue weighted by molar-refractivity contribution is 7.53. The summed E-state index contributed by atoms with van der Waals surface area (Å²) in [7, 11) is 0.0560. The van der Waals surface area contributed by atoms with Crippen molar-refractivity contribution in [2.24, 2.45) is 0 Å². The van der Waals surface area contributed by atoms with E-state index in [1.807, 2.05) is 0 Å². The van der Waals surface area contributed by atoms with E-state index in [4.69, 9.17) is 9.05 Å². The smallest absolute Gasteiger partial charge is 0.330 e. The molecule has 130 valence electrons. The van der Waals surface area contributed by atoms with Gasteiger partial charge in [-0.2, -0.15) is 0 Å². The molecule has 0 heterocycles. The summed E-state index contributed by atoms with van der Waals surface area (Å²) < 4.78 is 21.6. The van der Waals surface area contributed by atoms with E-state index in [2.05, 4.69) is 11.9 Å². The van der Waals surface area contributed by atoms with E-state index >= 15 is 0 Å². The Labute approximate surface area is 135 Å². The molecule has 0 aromatic carbocycles. The van der Waals surface area contributed by atoms with Crippen molar-refractivity contribution >= 4 is 13.5 Å². The van der Waals surface area contributed by atoms with Crippen LogP contribution < -0.4 is 5.32 Å². The average Bonchev–Trinajstić information content (AvgIpc) is 2.51. The van der Waals surface area contributed by atoms with Gasteiger partial charge in [-0.3, -0.25) is 9.36 Å². The van der Waals surface area contributed by atoms with Gasteiger partial charge in [0.2, 0.25) is 5.91 Å². The maximum atomic E-state index is 11.8. The second kappa shape index (κ2) is 12.9. The highest BCUT2D eigenvalue weighted by atomic mass is 31.2. The summed E-state index contributed by atoms with van der Waals surface area (Å²) in [6.07, 6.45) is 9.35. The third-order valence-electron chi connectivity index (χ3n) is 3.59. The largest absolute Gasteiger partial charge is 0.352 e. The molecule has 0 radical (unpaired) electrons. The molecule has 0 aromatic rings. The Kier molecular flexibility index (Phi) is 12.5. The maximum absolute atomic E-state index is 11.8. The molecule has 1 N–H and O–H groups in total. The van der Waals surface area contributed by atoms with Crippen molar-refractivity contribution in [2.45, 2.75) is 58.3 Å². The van der Waals surface area contributed by atoms with Gasteiger partial charge in [0.1, 0.15) is 0 Å². The van der Waals surface area contributed by atoms with Gasteiger partial charge >= 0.3 is 7.60 Å². The molecule has 0 saturated heterocycles. The zero-order valence-electron chi connectivity index (χ0n) is 14.4. The third-order valence-corrected chi connectivity index (χ3v) is 5.56. The zero-order valence-corrected chi connectivity index (χ0v) is 15.3. The lowest BCUT2D eigenvalue weighted by atomic mass is 10.1. The minimum atomic E-state index is -2.81. The highest BCUT2D eigenvalue weighted by Crippen LogP contribution is 2.47. The fourth-order valence-corrected chi connectivity index (χ4v) is 3.23. The van der Waals surface area contributed by atoms with E-state index in [1.54, 1.807) is 6.92 Å². The summed E-state index contributed by atoms with van der Waals surface area (Å²) in [4.78, 5) is 11.2. The van der Waals surface area contributed by atoms with Crippen molar-refractivity contribution in [1.29, 1.82) is 0 Å². The van der Waals surface area contributed by atoms with Crippen molar-refractivity contribution in [3.63, 3.8) is 0 Å². The number of amides is 1. The Hall–Kier alpha value is -0.640. The number of hydrogen-bond donors (Lipinski definition) is 1. The summed E-state index contributed by atoms with van der Waals surface area (Å²) in [5.41, 5.74) is 0.562. The monoisotopic (exact) mass is 333 g/mol. The van der Waals surface area contributed by atoms with E-state index in [9.17, 15) is 9.36 Å². The van der Waals surface area contributed by atoms with Gasteiger partial charge in [0.05, 0.1) is 6.16 Å². The minimum Gasteiger partial charge on any atom is -0.352 e. The molecule has 0 unspecified atom stereocenters. The van der Waals surface area contributed by atoms with E-state index < -0.39 is 7.60 Å². The highest BCUT2D eigenvalue weighted by Gasteiger charge is 2.19. The first-order chi connectivity index (χ1) is 10.4. The molecule has 0 fully saturated rings. The van der Waals surface area contributed by atoms with Gasteiger partial charge in [-0.1, -0.05) is 45.1 Å². The fourth-order valence-electron chi connectivity index (χ4n) is 2.10. The Morgan fingerprint density at radius 2 is 1.41 bits per heavy atom. The van der Waals surface area contributed by atoms with Gasteiger partial charge in [0, 0.05) is 26.3 Å². The van der Waals surface area contributed by atoms with Gasteiger partial charge in [-0.15, -0.1) is 0 Å². The molecule has 5 nitrogen and oxygen atoms in total. The summed E-state index contributed by atoms with van der Waals surface area (Å²) in [5.74, 6) is -0.0515. The molecule has 0 aliphatic rings. The second-order valence-electron chi connectivity index (χ2n) is 5.56. The molecule has 0 bridgehead atoms. The Morgan fingerprint density at radius 3 is 1.86 bits per heavy atom. The van der Waals surface area contributed by atoms with Crippen molar-refractivity contribution in [2.75, 3.05) is 26.9 Å². The molecule has 0 aliphatic carbocycles. The molecule has 22 heavy (non-hydrogen) atoms. The minimum absolute atomic E-state index is 0.0515. The standard InChI is InChI=1S/C16H32NO4P/c1-15(2)16(18)17-13-11-9-7-5-6-8-10-12-14-22(19,20-3)21-4/h1,5-14H2,2-4H3,(H,17,18). The van der Waals surface area contributed by atoms with Crippen molar-refractivity contribution in [1.82, 2.24) is 5.32 Å². The lowest BCUT2D eigenvalue weighted by Crippen LogP contribution is -2.24. The van der Waals surface area contributed by atoms with Gasteiger partial charge in [0.25, 0.3) is 0 Å². The van der Waals surface area contributed by atoms with Crippen LogP contribution in [0.25, 0.3) is 0 Å². The Balaban J connectivity index is 3.33. The SMILES string of the molecule is C=C(C)C(=O)NCCCCCCCCCCP(=O)(OC)OC. The third kappa shape index (κ3) is 11.0. The van der Waals surface area contributed by atoms with Crippen molar-refractivity contribution in [3.05, 3.63) is 12.2 Å². The summed E-state index contributed by atoms with van der Waals surface area (Å²) in [6.45, 7) is 6.05. The lowest BCUT2D eigenvalue weighted by molar-refractivity contribution is -0.117. The van der Waals surface area contributed by atoms with Crippen molar-refractivity contribution < 1.29 is 18.4 Å². The quantitative estimate of drug-likeness (QED) is 0.293. The normalized spacial score (nSPS) is 11.4. The number of carbonyl (C=O) groups excluding carboxylic acids is 1. The van der Waals surface area contributed by atoms with E-state index in [-0.39, 0.29) is 5.91 Å². The first kappa shape index (κ1) is 21.4. The number of hydrogen-bond acceptors (Lipinski definition) is 4. The molecule has 0 aromatic heterocycles. The van der Waals surface area contributed by atoms with Crippen molar-refractivity contribution in [3.8, 4) is 0 Å². The molecule has 1 amide bonds. The van der Waals surface area contributed by atoms with Crippen LogP contribution in [0.2, 0.25) is 0 Å². The van der Waals surface area contributed by atoms with Gasteiger partial charge in [-0.25, -0.2) is 0 Å². The predicted molar refractivity (Wildman–Crippen MR) is 91.3 cm³/mol. The molecule has 0 rings (SSSR count). The zero-order chi connectivity index (χ0) is 16.8. The van der Waals surface area contributed by atoms with Crippen LogP contribution in [0.5, 0.6) is 0 Å². The van der Waals surface area contributed by atoms with Crippen LogP contribution in [-0.4, -0.2) is 32.8 Å². The Bertz CT molecular complexity index is 363. The van der Waals surface area contributed by atoms with Gasteiger partial charge in [-0.05, 0) is 19.8 Å². The molecule has 0 aliphatic heterocycles. The second-order valence-corrected chi connectivity index (χ2v) is 7.96. The van der Waals surface area contributed by atoms with E-state index in [0.29, 0.717) is 11.7 Å². The molecular weight excluding hydrogens is 301 g/mol. The number of unbranched alkanes of at least 4 members (excludes halogenated alkanes) is 7. The van der Waals surface area contributed by atoms with Crippen LogP contribution in [0.3, 0.4) is 0 Å². The van der Waals surface area contributed by atoms with Gasteiger partial charge in [0.15, 0.2) is 0 Å². The predicted octanol–water partition coefficient (Wildman–Crippen LogP) is 4.29. The van der Waals surface area contributed by atoms with Crippen LogP contribution in [-0.2, 0) is 18.4 Å². The van der Waals surface area contributed by atoms with Crippen LogP contribution in [0.4, 0.5) is 0 Å². The van der Waals surface area contributed by atoms with Crippen LogP contribution >= 0.6 is 7.60 Å². The summed E-state index contributed by atoms with van der Waals surface area (Å²) in [5, 5.41) is 2.84. The molecule has 0 atom stereocenters. The van der Waals surface area contributed by atoms with Gasteiger partial charge < -0.3 is 14.4 Å². The topological polar surface area (TPSA) is 64.6 Å². The number of carbonyl (C=O) groups is 1. The average molecular weight is 333 g/mol. The van der Waals surface area contributed by atoms with Crippen LogP contribution in [0.15, 0.2) is 12.2 Å². The maximum Gasteiger partial charge on any atom is 0.330 e. The summed E-state index contributed by atoms with van der Waals surface area (Å²) >= 11 is 0. The lowest BCUT2D eigenvalue weighted by Gasteiger charge is -2.12. The molecule has 6 heteroatoms. The first-order valence-electron chi connectivity index (χ1n) is 8.09. The van der Waals surface area contributed by atoms with E-state index in [0.717, 1.165) is 38.6 Å². The molecule has 0 saturated carbocycles. The van der Waals surface area contributed by atoms with Crippen LogP contribution in [0, 0.1) is 0 Å². The first-order valence-corrected chi connectivity index (χ1v) is 9.82. The van der Waals surface area contributed by atoms with E-state index in [1.165, 1.54) is 33.5 Å². The van der Waals surface area contributed by atoms with Crippen LogP contribution in [0.1, 0.15) is 58.3 Å². The summed E-state index contributed by atoms with van der Waals surface area (Å²) in [6, 6.07) is 0. The number of rotatable bonds is 14. The number of nitrogens with one attached hydrogen (secondary N) is 1. The molecule has 0 spiro atoms. The fraction of sp³-hybridized carbons (Fsp3) is 0.812.